The van der Waals surface area contributed by atoms with Crippen molar-refractivity contribution in [3.63, 3.8) is 0 Å². The Morgan fingerprint density at radius 3 is 3.11 bits per heavy atom. The number of aryl methyl sites for hydroxylation is 1. The van der Waals surface area contributed by atoms with Crippen molar-refractivity contribution in [3.8, 4) is 5.75 Å². The molecule has 0 bridgehead atoms. The highest BCUT2D eigenvalue weighted by Gasteiger charge is 2.27. The van der Waals surface area contributed by atoms with Crippen molar-refractivity contribution in [3.05, 3.63) is 29.6 Å². The highest BCUT2D eigenvalue weighted by Crippen LogP contribution is 2.22. The number of benzene rings is 1. The van der Waals surface area contributed by atoms with Gasteiger partial charge in [0.15, 0.2) is 11.6 Å². The van der Waals surface area contributed by atoms with Gasteiger partial charge in [-0.3, -0.25) is 0 Å². The normalized spacial score (nSPS) is 23.9. The van der Waals surface area contributed by atoms with Crippen LogP contribution in [0.3, 0.4) is 0 Å². The molecule has 18 heavy (non-hydrogen) atoms. The Labute approximate surface area is 107 Å². The highest BCUT2D eigenvalue weighted by molar-refractivity contribution is 5.29. The zero-order valence-corrected chi connectivity index (χ0v) is 10.9. The maximum atomic E-state index is 13.7. The van der Waals surface area contributed by atoms with Crippen molar-refractivity contribution >= 4 is 0 Å². The molecule has 0 radical (unpaired) electrons. The third-order valence-corrected chi connectivity index (χ3v) is 3.14. The molecule has 100 valence electrons. The van der Waals surface area contributed by atoms with Crippen LogP contribution in [0.1, 0.15) is 18.9 Å². The van der Waals surface area contributed by atoms with Crippen LogP contribution in [-0.2, 0) is 4.74 Å². The Bertz CT molecular complexity index is 395. The Balaban J connectivity index is 2.08. The van der Waals surface area contributed by atoms with Gasteiger partial charge in [-0.15, -0.1) is 0 Å². The van der Waals surface area contributed by atoms with Gasteiger partial charge in [-0.1, -0.05) is 13.0 Å². The summed E-state index contributed by atoms with van der Waals surface area (Å²) in [6.45, 7) is 6.09. The summed E-state index contributed by atoms with van der Waals surface area (Å²) in [5.74, 6) is -0.00479. The van der Waals surface area contributed by atoms with Gasteiger partial charge in [0, 0.05) is 12.6 Å². The number of nitrogens with one attached hydrogen (secondary N) is 1. The molecule has 1 fully saturated rings. The van der Waals surface area contributed by atoms with Gasteiger partial charge in [0.25, 0.3) is 0 Å². The fourth-order valence-corrected chi connectivity index (χ4v) is 2.19. The standard InChI is InChI=1S/C14H20FNO2/c1-3-16-12-6-7-17-9-14(12)18-13-8-10(2)4-5-11(13)15/h4-5,8,12,14,16H,3,6-7,9H2,1-2H3. The van der Waals surface area contributed by atoms with Gasteiger partial charge in [-0.2, -0.15) is 0 Å². The summed E-state index contributed by atoms with van der Waals surface area (Å²) in [5, 5.41) is 3.36. The summed E-state index contributed by atoms with van der Waals surface area (Å²) >= 11 is 0. The smallest absolute Gasteiger partial charge is 0.165 e. The zero-order chi connectivity index (χ0) is 13.0. The number of likely N-dealkylation sites (N-methyl/N-ethyl adjacent to an activating group) is 1. The Hall–Kier alpha value is -1.13. The van der Waals surface area contributed by atoms with E-state index < -0.39 is 0 Å². The first-order valence-electron chi connectivity index (χ1n) is 6.44. The average Bonchev–Trinajstić information content (AvgIpc) is 2.36. The molecule has 0 spiro atoms. The summed E-state index contributed by atoms with van der Waals surface area (Å²) < 4.78 is 24.8. The summed E-state index contributed by atoms with van der Waals surface area (Å²) in [7, 11) is 0. The molecule has 1 aliphatic heterocycles. The lowest BCUT2D eigenvalue weighted by Gasteiger charge is -2.32. The highest BCUT2D eigenvalue weighted by atomic mass is 19.1. The van der Waals surface area contributed by atoms with Crippen molar-refractivity contribution in [1.29, 1.82) is 0 Å². The van der Waals surface area contributed by atoms with E-state index in [9.17, 15) is 4.39 Å². The summed E-state index contributed by atoms with van der Waals surface area (Å²) in [5.41, 5.74) is 0.989. The van der Waals surface area contributed by atoms with Crippen molar-refractivity contribution in [2.75, 3.05) is 19.8 Å². The average molecular weight is 253 g/mol. The number of hydrogen-bond acceptors (Lipinski definition) is 3. The lowest BCUT2D eigenvalue weighted by Crippen LogP contribution is -2.49. The van der Waals surface area contributed by atoms with E-state index in [1.54, 1.807) is 12.1 Å². The number of halogens is 1. The van der Waals surface area contributed by atoms with Crippen LogP contribution >= 0.6 is 0 Å². The largest absolute Gasteiger partial charge is 0.483 e. The maximum absolute atomic E-state index is 13.7. The Kier molecular flexibility index (Phi) is 4.55. The van der Waals surface area contributed by atoms with Gasteiger partial charge in [0.05, 0.1) is 6.61 Å². The monoisotopic (exact) mass is 253 g/mol. The molecule has 1 saturated heterocycles. The van der Waals surface area contributed by atoms with Gasteiger partial charge in [0.2, 0.25) is 0 Å². The van der Waals surface area contributed by atoms with Crippen LogP contribution in [0.15, 0.2) is 18.2 Å². The molecule has 0 aliphatic carbocycles. The van der Waals surface area contributed by atoms with Crippen molar-refractivity contribution in [2.45, 2.75) is 32.4 Å². The van der Waals surface area contributed by atoms with E-state index in [1.807, 2.05) is 6.92 Å². The topological polar surface area (TPSA) is 30.5 Å². The minimum absolute atomic E-state index is 0.130. The lowest BCUT2D eigenvalue weighted by atomic mass is 10.1. The number of hydrogen-bond donors (Lipinski definition) is 1. The second kappa shape index (κ2) is 6.16. The van der Waals surface area contributed by atoms with Gasteiger partial charge in [0.1, 0.15) is 6.10 Å². The molecular weight excluding hydrogens is 233 g/mol. The first-order valence-corrected chi connectivity index (χ1v) is 6.44. The molecule has 2 unspecified atom stereocenters. The van der Waals surface area contributed by atoms with E-state index >= 15 is 0 Å². The number of ether oxygens (including phenoxy) is 2. The molecule has 2 rings (SSSR count). The molecule has 3 nitrogen and oxygen atoms in total. The van der Waals surface area contributed by atoms with E-state index in [2.05, 4.69) is 12.2 Å². The second-order valence-corrected chi connectivity index (χ2v) is 4.62. The summed E-state index contributed by atoms with van der Waals surface area (Å²) in [6, 6.07) is 5.13. The Morgan fingerprint density at radius 1 is 1.50 bits per heavy atom. The van der Waals surface area contributed by atoms with E-state index in [0.29, 0.717) is 12.4 Å². The van der Waals surface area contributed by atoms with Crippen LogP contribution in [-0.4, -0.2) is 31.9 Å². The molecular formula is C14H20FNO2. The maximum Gasteiger partial charge on any atom is 0.165 e. The third kappa shape index (κ3) is 3.21. The predicted octanol–water partition coefficient (Wildman–Crippen LogP) is 2.28. The number of rotatable bonds is 4. The lowest BCUT2D eigenvalue weighted by molar-refractivity contribution is -0.0157. The van der Waals surface area contributed by atoms with Crippen LogP contribution in [0, 0.1) is 12.7 Å². The first-order chi connectivity index (χ1) is 8.70. The molecule has 1 aliphatic rings. The molecule has 1 aromatic carbocycles. The first kappa shape index (κ1) is 13.3. The fraction of sp³-hybridized carbons (Fsp3) is 0.571. The summed E-state index contributed by atoms with van der Waals surface area (Å²) in [4.78, 5) is 0. The van der Waals surface area contributed by atoms with E-state index in [1.165, 1.54) is 6.07 Å². The molecule has 1 N–H and O–H groups in total. The van der Waals surface area contributed by atoms with E-state index in [0.717, 1.165) is 25.1 Å². The van der Waals surface area contributed by atoms with Crippen molar-refractivity contribution in [2.24, 2.45) is 0 Å². The summed E-state index contributed by atoms with van der Waals surface area (Å²) in [6.07, 6.45) is 0.765. The van der Waals surface area contributed by atoms with Gasteiger partial charge in [-0.05, 0) is 37.6 Å². The van der Waals surface area contributed by atoms with Crippen molar-refractivity contribution < 1.29 is 13.9 Å². The predicted molar refractivity (Wildman–Crippen MR) is 68.5 cm³/mol. The third-order valence-electron chi connectivity index (χ3n) is 3.14. The molecule has 0 amide bonds. The second-order valence-electron chi connectivity index (χ2n) is 4.62. The zero-order valence-electron chi connectivity index (χ0n) is 10.9. The van der Waals surface area contributed by atoms with E-state index in [-0.39, 0.29) is 18.0 Å². The molecule has 2 atom stereocenters. The van der Waals surface area contributed by atoms with Crippen LogP contribution < -0.4 is 10.1 Å². The van der Waals surface area contributed by atoms with Gasteiger partial charge >= 0.3 is 0 Å². The van der Waals surface area contributed by atoms with Crippen LogP contribution in [0.2, 0.25) is 0 Å². The van der Waals surface area contributed by atoms with Gasteiger partial charge < -0.3 is 14.8 Å². The van der Waals surface area contributed by atoms with E-state index in [4.69, 9.17) is 9.47 Å². The van der Waals surface area contributed by atoms with Crippen molar-refractivity contribution in [1.82, 2.24) is 5.32 Å². The molecule has 0 aromatic heterocycles. The molecule has 0 saturated carbocycles. The SMILES string of the molecule is CCNC1CCOCC1Oc1cc(C)ccc1F. The molecule has 1 heterocycles. The Morgan fingerprint density at radius 2 is 2.33 bits per heavy atom. The minimum atomic E-state index is -0.318. The van der Waals surface area contributed by atoms with Crippen LogP contribution in [0.5, 0.6) is 5.75 Å². The quantitative estimate of drug-likeness (QED) is 0.893. The minimum Gasteiger partial charge on any atom is -0.483 e. The van der Waals surface area contributed by atoms with Crippen LogP contribution in [0.4, 0.5) is 4.39 Å². The molecule has 4 heteroatoms. The molecule has 1 aromatic rings. The van der Waals surface area contributed by atoms with Gasteiger partial charge in [-0.25, -0.2) is 4.39 Å². The fourth-order valence-electron chi connectivity index (χ4n) is 2.19. The van der Waals surface area contributed by atoms with Crippen LogP contribution in [0.25, 0.3) is 0 Å².